The Hall–Kier alpha value is -2.19. The van der Waals surface area contributed by atoms with Crippen LogP contribution in [-0.2, 0) is 4.79 Å². The molecular weight excluding hydrogens is 328 g/mol. The topological polar surface area (TPSA) is 95.0 Å². The standard InChI is InChI=1S/C16H24N4O3S/c1-12(13-7-6-8-14(11-13)23-2)18-19-16(24)17-10-5-3-4-9-15(21)20-22/h6-8,11,22H,3-5,9-10H2,1-2H3,(H,20,21)(H2,17,19,24)/b18-12+. The smallest absolute Gasteiger partial charge is 0.243 e. The van der Waals surface area contributed by atoms with E-state index in [2.05, 4.69) is 15.8 Å². The van der Waals surface area contributed by atoms with Gasteiger partial charge in [0.25, 0.3) is 0 Å². The summed E-state index contributed by atoms with van der Waals surface area (Å²) < 4.78 is 5.19. The van der Waals surface area contributed by atoms with Gasteiger partial charge >= 0.3 is 0 Å². The van der Waals surface area contributed by atoms with Crippen LogP contribution < -0.4 is 21.0 Å². The van der Waals surface area contributed by atoms with Crippen LogP contribution >= 0.6 is 12.2 Å². The molecule has 7 nitrogen and oxygen atoms in total. The maximum atomic E-state index is 10.8. The van der Waals surface area contributed by atoms with E-state index in [1.165, 1.54) is 0 Å². The van der Waals surface area contributed by atoms with Crippen molar-refractivity contribution in [3.8, 4) is 5.75 Å². The van der Waals surface area contributed by atoms with Gasteiger partial charge in [0.15, 0.2) is 5.11 Å². The van der Waals surface area contributed by atoms with Crippen molar-refractivity contribution in [3.63, 3.8) is 0 Å². The second-order valence-corrected chi connectivity index (χ2v) is 5.55. The van der Waals surface area contributed by atoms with Gasteiger partial charge in [-0.1, -0.05) is 18.6 Å². The Balaban J connectivity index is 2.26. The number of methoxy groups -OCH3 is 1. The van der Waals surface area contributed by atoms with Crippen molar-refractivity contribution in [2.45, 2.75) is 32.6 Å². The minimum absolute atomic E-state index is 0.323. The van der Waals surface area contributed by atoms with Gasteiger partial charge in [0, 0.05) is 18.5 Å². The number of benzene rings is 1. The molecule has 1 amide bonds. The molecule has 1 aromatic carbocycles. The van der Waals surface area contributed by atoms with Gasteiger partial charge in [0.2, 0.25) is 5.91 Å². The molecule has 0 spiro atoms. The van der Waals surface area contributed by atoms with Crippen molar-refractivity contribution < 1.29 is 14.7 Å². The lowest BCUT2D eigenvalue weighted by molar-refractivity contribution is -0.129. The second-order valence-electron chi connectivity index (χ2n) is 5.14. The van der Waals surface area contributed by atoms with Crippen molar-refractivity contribution in [2.75, 3.05) is 13.7 Å². The van der Waals surface area contributed by atoms with Gasteiger partial charge in [-0.25, -0.2) is 5.48 Å². The molecule has 1 aromatic rings. The molecule has 0 aliphatic carbocycles. The highest BCUT2D eigenvalue weighted by molar-refractivity contribution is 7.80. The largest absolute Gasteiger partial charge is 0.497 e. The van der Waals surface area contributed by atoms with Crippen molar-refractivity contribution in [3.05, 3.63) is 29.8 Å². The molecule has 1 rings (SSSR count). The van der Waals surface area contributed by atoms with Crippen LogP contribution in [0, 0.1) is 0 Å². The molecule has 0 heterocycles. The lowest BCUT2D eigenvalue weighted by Crippen LogP contribution is -2.33. The van der Waals surface area contributed by atoms with Crippen LogP contribution in [0.15, 0.2) is 29.4 Å². The summed E-state index contributed by atoms with van der Waals surface area (Å²) in [6.07, 6.45) is 2.79. The Labute approximate surface area is 147 Å². The lowest BCUT2D eigenvalue weighted by atomic mass is 10.1. The number of hydrazone groups is 1. The Morgan fingerprint density at radius 3 is 2.83 bits per heavy atom. The third-order valence-electron chi connectivity index (χ3n) is 3.30. The number of thiocarbonyl (C=S) groups is 1. The van der Waals surface area contributed by atoms with E-state index in [1.54, 1.807) is 12.6 Å². The van der Waals surface area contributed by atoms with E-state index in [1.807, 2.05) is 31.2 Å². The summed E-state index contributed by atoms with van der Waals surface area (Å²) in [5.74, 6) is 0.417. The van der Waals surface area contributed by atoms with E-state index >= 15 is 0 Å². The highest BCUT2D eigenvalue weighted by Crippen LogP contribution is 2.13. The molecule has 0 saturated carbocycles. The van der Waals surface area contributed by atoms with E-state index in [4.69, 9.17) is 22.2 Å². The zero-order valence-corrected chi connectivity index (χ0v) is 14.8. The molecule has 0 aromatic heterocycles. The molecule has 0 unspecified atom stereocenters. The van der Waals surface area contributed by atoms with Crippen LogP contribution in [0.3, 0.4) is 0 Å². The minimum atomic E-state index is -0.359. The third-order valence-corrected chi connectivity index (χ3v) is 3.54. The maximum Gasteiger partial charge on any atom is 0.243 e. The number of nitrogens with zero attached hydrogens (tertiary/aromatic N) is 1. The molecule has 0 saturated heterocycles. The summed E-state index contributed by atoms with van der Waals surface area (Å²) in [4.78, 5) is 10.8. The summed E-state index contributed by atoms with van der Waals surface area (Å²) in [5.41, 5.74) is 6.17. The maximum absolute atomic E-state index is 10.8. The molecule has 0 aliphatic heterocycles. The number of unbranched alkanes of at least 4 members (excludes halogenated alkanes) is 2. The second kappa shape index (κ2) is 11.4. The van der Waals surface area contributed by atoms with Crippen LogP contribution in [0.4, 0.5) is 0 Å². The number of rotatable bonds is 9. The van der Waals surface area contributed by atoms with Crippen LogP contribution in [0.2, 0.25) is 0 Å². The van der Waals surface area contributed by atoms with E-state index < -0.39 is 0 Å². The fourth-order valence-electron chi connectivity index (χ4n) is 1.93. The number of carbonyl (C=O) groups is 1. The van der Waals surface area contributed by atoms with Gasteiger partial charge in [0.05, 0.1) is 12.8 Å². The monoisotopic (exact) mass is 352 g/mol. The van der Waals surface area contributed by atoms with Gasteiger partial charge in [-0.05, 0) is 44.1 Å². The lowest BCUT2D eigenvalue weighted by Gasteiger charge is -2.08. The number of ether oxygens (including phenoxy) is 1. The third kappa shape index (κ3) is 7.89. The number of nitrogens with one attached hydrogen (secondary N) is 3. The molecular formula is C16H24N4O3S. The predicted octanol–water partition coefficient (Wildman–Crippen LogP) is 1.95. The Bertz CT molecular complexity index is 578. The number of hydrogen-bond acceptors (Lipinski definition) is 5. The molecule has 0 aliphatic rings. The first kappa shape index (κ1) is 19.9. The van der Waals surface area contributed by atoms with Gasteiger partial charge in [0.1, 0.15) is 5.75 Å². The number of hydroxylamine groups is 1. The molecule has 0 fully saturated rings. The zero-order valence-electron chi connectivity index (χ0n) is 14.0. The first-order chi connectivity index (χ1) is 11.6. The summed E-state index contributed by atoms with van der Waals surface area (Å²) >= 11 is 5.16. The fraction of sp³-hybridized carbons (Fsp3) is 0.438. The number of carbonyl (C=O) groups excluding carboxylic acids is 1. The van der Waals surface area contributed by atoms with Crippen LogP contribution in [0.25, 0.3) is 0 Å². The van der Waals surface area contributed by atoms with E-state index in [-0.39, 0.29) is 5.91 Å². The summed E-state index contributed by atoms with van der Waals surface area (Å²) in [6, 6.07) is 7.63. The highest BCUT2D eigenvalue weighted by Gasteiger charge is 2.01. The first-order valence-electron chi connectivity index (χ1n) is 7.72. The van der Waals surface area contributed by atoms with Crippen LogP contribution in [-0.4, -0.2) is 35.6 Å². The quantitative estimate of drug-likeness (QED) is 0.178. The van der Waals surface area contributed by atoms with Crippen molar-refractivity contribution in [1.82, 2.24) is 16.2 Å². The Kier molecular flexibility index (Phi) is 9.40. The van der Waals surface area contributed by atoms with Crippen molar-refractivity contribution in [2.24, 2.45) is 5.10 Å². The van der Waals surface area contributed by atoms with Crippen molar-refractivity contribution >= 4 is 28.9 Å². The molecule has 8 heteroatoms. The summed E-state index contributed by atoms with van der Waals surface area (Å²) in [5, 5.41) is 16.1. The summed E-state index contributed by atoms with van der Waals surface area (Å²) in [6.45, 7) is 2.58. The van der Waals surface area contributed by atoms with Crippen LogP contribution in [0.1, 0.15) is 38.2 Å². The van der Waals surface area contributed by atoms with Crippen LogP contribution in [0.5, 0.6) is 5.75 Å². The zero-order chi connectivity index (χ0) is 17.8. The predicted molar refractivity (Wildman–Crippen MR) is 97.3 cm³/mol. The van der Waals surface area contributed by atoms with E-state index in [9.17, 15) is 4.79 Å². The number of amides is 1. The number of hydrogen-bond donors (Lipinski definition) is 4. The molecule has 24 heavy (non-hydrogen) atoms. The van der Waals surface area contributed by atoms with Gasteiger partial charge in [-0.3, -0.25) is 15.4 Å². The normalized spacial score (nSPS) is 10.9. The fourth-order valence-corrected chi connectivity index (χ4v) is 2.08. The van der Waals surface area contributed by atoms with Crippen molar-refractivity contribution in [1.29, 1.82) is 0 Å². The average Bonchev–Trinajstić information content (AvgIpc) is 2.62. The molecule has 0 bridgehead atoms. The SMILES string of the molecule is COc1cccc(/C(C)=N/NC(=S)NCCCCCC(=O)NO)c1. The Morgan fingerprint density at radius 2 is 2.12 bits per heavy atom. The minimum Gasteiger partial charge on any atom is -0.497 e. The molecule has 0 radical (unpaired) electrons. The highest BCUT2D eigenvalue weighted by atomic mass is 32.1. The molecule has 0 atom stereocenters. The van der Waals surface area contributed by atoms with Gasteiger partial charge < -0.3 is 10.1 Å². The van der Waals surface area contributed by atoms with Gasteiger partial charge in [-0.15, -0.1) is 0 Å². The van der Waals surface area contributed by atoms with E-state index in [0.29, 0.717) is 18.1 Å². The van der Waals surface area contributed by atoms with E-state index in [0.717, 1.165) is 36.3 Å². The Morgan fingerprint density at radius 1 is 1.33 bits per heavy atom. The molecule has 4 N–H and O–H groups in total. The molecule has 132 valence electrons. The summed E-state index contributed by atoms with van der Waals surface area (Å²) in [7, 11) is 1.62. The first-order valence-corrected chi connectivity index (χ1v) is 8.13. The van der Waals surface area contributed by atoms with Gasteiger partial charge in [-0.2, -0.15) is 5.10 Å². The average molecular weight is 352 g/mol.